The van der Waals surface area contributed by atoms with Gasteiger partial charge in [0, 0.05) is 13.1 Å². The van der Waals surface area contributed by atoms with Crippen LogP contribution < -0.4 is 5.73 Å². The van der Waals surface area contributed by atoms with Crippen molar-refractivity contribution in [2.75, 3.05) is 6.54 Å². The zero-order valence-corrected chi connectivity index (χ0v) is 13.8. The van der Waals surface area contributed by atoms with Crippen molar-refractivity contribution in [3.05, 3.63) is 71.8 Å². The van der Waals surface area contributed by atoms with Crippen molar-refractivity contribution < 1.29 is 4.79 Å². The smallest absolute Gasteiger partial charge is 0.247 e. The molecule has 22 heavy (non-hydrogen) atoms. The first-order chi connectivity index (χ1) is 10.1. The summed E-state index contributed by atoms with van der Waals surface area (Å²) in [6.07, 6.45) is 0. The lowest BCUT2D eigenvalue weighted by Crippen LogP contribution is -2.50. The molecule has 0 aromatic heterocycles. The predicted molar refractivity (Wildman–Crippen MR) is 92.8 cm³/mol. The minimum atomic E-state index is -1.01. The Morgan fingerprint density at radius 2 is 1.55 bits per heavy atom. The normalized spacial score (nSPS) is 12.9. The molecule has 0 aliphatic heterocycles. The van der Waals surface area contributed by atoms with Crippen LogP contribution in [0.15, 0.2) is 60.7 Å². The predicted octanol–water partition coefficient (Wildman–Crippen LogP) is 3.33. The van der Waals surface area contributed by atoms with Gasteiger partial charge in [0.05, 0.1) is 0 Å². The van der Waals surface area contributed by atoms with Crippen LogP contribution in [0.3, 0.4) is 0 Å². The van der Waals surface area contributed by atoms with E-state index in [0.29, 0.717) is 13.1 Å². The van der Waals surface area contributed by atoms with Gasteiger partial charge in [-0.1, -0.05) is 60.7 Å². The lowest BCUT2D eigenvalue weighted by atomic mass is 9.91. The van der Waals surface area contributed by atoms with Crippen LogP contribution in [0.2, 0.25) is 0 Å². The van der Waals surface area contributed by atoms with Gasteiger partial charge in [0.25, 0.3) is 0 Å². The van der Waals surface area contributed by atoms with Crippen molar-refractivity contribution >= 4 is 18.3 Å². The first-order valence-electron chi connectivity index (χ1n) is 7.23. The molecule has 3 nitrogen and oxygen atoms in total. The highest BCUT2D eigenvalue weighted by molar-refractivity contribution is 5.87. The molecule has 0 aliphatic carbocycles. The molecule has 1 unspecified atom stereocenters. The van der Waals surface area contributed by atoms with Crippen LogP contribution in [0.25, 0.3) is 0 Å². The average Bonchev–Trinajstić information content (AvgIpc) is 2.53. The van der Waals surface area contributed by atoms with Gasteiger partial charge < -0.3 is 10.6 Å². The fourth-order valence-corrected chi connectivity index (χ4v) is 2.37. The van der Waals surface area contributed by atoms with Gasteiger partial charge in [-0.25, -0.2) is 0 Å². The molecule has 0 fully saturated rings. The molecule has 2 N–H and O–H groups in total. The third kappa shape index (κ3) is 4.09. The van der Waals surface area contributed by atoms with Crippen molar-refractivity contribution in [1.82, 2.24) is 4.90 Å². The number of rotatable bonds is 5. The van der Waals surface area contributed by atoms with E-state index in [1.807, 2.05) is 67.6 Å². The van der Waals surface area contributed by atoms with E-state index in [4.69, 9.17) is 5.73 Å². The Morgan fingerprint density at radius 3 is 2.05 bits per heavy atom. The topological polar surface area (TPSA) is 46.3 Å². The Balaban J connectivity index is 0.00000242. The summed E-state index contributed by atoms with van der Waals surface area (Å²) in [7, 11) is 0. The Bertz CT molecular complexity index is 585. The molecule has 0 spiro atoms. The second-order valence-electron chi connectivity index (χ2n) is 5.37. The van der Waals surface area contributed by atoms with Crippen molar-refractivity contribution in [2.45, 2.75) is 25.9 Å². The van der Waals surface area contributed by atoms with Gasteiger partial charge in [0.2, 0.25) is 5.91 Å². The summed E-state index contributed by atoms with van der Waals surface area (Å²) >= 11 is 0. The first kappa shape index (κ1) is 18.2. The number of benzene rings is 2. The van der Waals surface area contributed by atoms with E-state index in [1.54, 1.807) is 11.8 Å². The zero-order valence-electron chi connectivity index (χ0n) is 13.0. The number of nitrogens with two attached hydrogens (primary N) is 1. The summed E-state index contributed by atoms with van der Waals surface area (Å²) in [4.78, 5) is 14.6. The maximum absolute atomic E-state index is 12.8. The minimum Gasteiger partial charge on any atom is -0.337 e. The van der Waals surface area contributed by atoms with Gasteiger partial charge in [-0.2, -0.15) is 0 Å². The maximum Gasteiger partial charge on any atom is 0.247 e. The Labute approximate surface area is 138 Å². The van der Waals surface area contributed by atoms with Crippen LogP contribution in [-0.2, 0) is 16.9 Å². The molecule has 0 radical (unpaired) electrons. The van der Waals surface area contributed by atoms with Gasteiger partial charge in [-0.3, -0.25) is 4.79 Å². The number of halogens is 1. The fourth-order valence-electron chi connectivity index (χ4n) is 2.37. The molecule has 0 heterocycles. The average molecular weight is 319 g/mol. The number of likely N-dealkylation sites (N-methyl/N-ethyl adjacent to an activating group) is 1. The number of amides is 1. The molecule has 0 aliphatic rings. The van der Waals surface area contributed by atoms with E-state index in [0.717, 1.165) is 11.1 Å². The quantitative estimate of drug-likeness (QED) is 0.919. The van der Waals surface area contributed by atoms with Gasteiger partial charge in [0.15, 0.2) is 0 Å². The summed E-state index contributed by atoms with van der Waals surface area (Å²) in [6.45, 7) is 4.96. The summed E-state index contributed by atoms with van der Waals surface area (Å²) in [5, 5.41) is 0. The number of hydrogen-bond donors (Lipinski definition) is 1. The molecule has 1 atom stereocenters. The van der Waals surface area contributed by atoms with E-state index < -0.39 is 5.54 Å². The maximum atomic E-state index is 12.8. The molecule has 2 aromatic rings. The number of carbonyl (C=O) groups excluding carboxylic acids is 1. The minimum absolute atomic E-state index is 0. The Kier molecular flexibility index (Phi) is 6.60. The molecule has 0 saturated heterocycles. The number of carbonyl (C=O) groups is 1. The van der Waals surface area contributed by atoms with E-state index >= 15 is 0 Å². The summed E-state index contributed by atoms with van der Waals surface area (Å²) in [5.41, 5.74) is 7.26. The van der Waals surface area contributed by atoms with Crippen LogP contribution in [0.1, 0.15) is 25.0 Å². The lowest BCUT2D eigenvalue weighted by Gasteiger charge is -2.31. The van der Waals surface area contributed by atoms with Crippen molar-refractivity contribution in [3.8, 4) is 0 Å². The number of nitrogens with zero attached hydrogens (tertiary/aromatic N) is 1. The molecular weight excluding hydrogens is 296 g/mol. The van der Waals surface area contributed by atoms with E-state index in [2.05, 4.69) is 0 Å². The highest BCUT2D eigenvalue weighted by Crippen LogP contribution is 2.21. The van der Waals surface area contributed by atoms with Crippen LogP contribution in [-0.4, -0.2) is 17.4 Å². The van der Waals surface area contributed by atoms with E-state index in [-0.39, 0.29) is 18.3 Å². The summed E-state index contributed by atoms with van der Waals surface area (Å²) in [6, 6.07) is 19.5. The molecule has 0 bridgehead atoms. The van der Waals surface area contributed by atoms with Crippen LogP contribution >= 0.6 is 12.4 Å². The Morgan fingerprint density at radius 1 is 1.05 bits per heavy atom. The monoisotopic (exact) mass is 318 g/mol. The second kappa shape index (κ2) is 7.97. The molecule has 118 valence electrons. The van der Waals surface area contributed by atoms with Crippen molar-refractivity contribution in [1.29, 1.82) is 0 Å². The molecule has 2 aromatic carbocycles. The first-order valence-corrected chi connectivity index (χ1v) is 7.23. The standard InChI is InChI=1S/C18H22N2O.ClH/c1-3-20(14-15-10-6-4-7-11-15)17(21)18(2,19)16-12-8-5-9-13-16;/h4-13H,3,14,19H2,1-2H3;1H. The third-order valence-corrected chi connectivity index (χ3v) is 3.70. The highest BCUT2D eigenvalue weighted by Gasteiger charge is 2.33. The van der Waals surface area contributed by atoms with Gasteiger partial charge in [-0.15, -0.1) is 12.4 Å². The molecule has 2 rings (SSSR count). The summed E-state index contributed by atoms with van der Waals surface area (Å²) in [5.74, 6) is -0.0555. The number of hydrogen-bond acceptors (Lipinski definition) is 2. The van der Waals surface area contributed by atoms with Crippen molar-refractivity contribution in [2.24, 2.45) is 5.73 Å². The third-order valence-electron chi connectivity index (χ3n) is 3.70. The molecular formula is C18H23ClN2O. The molecule has 0 saturated carbocycles. The lowest BCUT2D eigenvalue weighted by molar-refractivity contribution is -0.137. The van der Waals surface area contributed by atoms with Crippen LogP contribution in [0, 0.1) is 0 Å². The summed E-state index contributed by atoms with van der Waals surface area (Å²) < 4.78 is 0. The zero-order chi connectivity index (χ0) is 15.3. The fraction of sp³-hybridized carbons (Fsp3) is 0.278. The molecule has 1 amide bonds. The van der Waals surface area contributed by atoms with Gasteiger partial charge in [0.1, 0.15) is 5.54 Å². The van der Waals surface area contributed by atoms with Crippen LogP contribution in [0.4, 0.5) is 0 Å². The van der Waals surface area contributed by atoms with Gasteiger partial charge in [-0.05, 0) is 25.0 Å². The second-order valence-corrected chi connectivity index (χ2v) is 5.37. The largest absolute Gasteiger partial charge is 0.337 e. The van der Waals surface area contributed by atoms with Crippen molar-refractivity contribution in [3.63, 3.8) is 0 Å². The van der Waals surface area contributed by atoms with Gasteiger partial charge >= 0.3 is 0 Å². The Hall–Kier alpha value is -1.84. The highest BCUT2D eigenvalue weighted by atomic mass is 35.5. The van der Waals surface area contributed by atoms with E-state index in [9.17, 15) is 4.79 Å². The van der Waals surface area contributed by atoms with Crippen LogP contribution in [0.5, 0.6) is 0 Å². The van der Waals surface area contributed by atoms with E-state index in [1.165, 1.54) is 0 Å². The SMILES string of the molecule is CCN(Cc1ccccc1)C(=O)C(C)(N)c1ccccc1.Cl. The molecule has 4 heteroatoms.